The Balaban J connectivity index is 1.44. The van der Waals surface area contributed by atoms with E-state index < -0.39 is 0 Å². The molecular weight excluding hydrogens is 376 g/mol. The Morgan fingerprint density at radius 3 is 2.20 bits per heavy atom. The van der Waals surface area contributed by atoms with E-state index in [4.69, 9.17) is 0 Å². The number of hydrogen-bond donors (Lipinski definition) is 0. The van der Waals surface area contributed by atoms with Gasteiger partial charge in [-0.3, -0.25) is 9.78 Å². The molecule has 158 valence electrons. The summed E-state index contributed by atoms with van der Waals surface area (Å²) < 4.78 is 0. The van der Waals surface area contributed by atoms with Gasteiger partial charge in [-0.1, -0.05) is 36.4 Å². The highest BCUT2D eigenvalue weighted by atomic mass is 16.2. The SMILES string of the molecule is CN(C(=O)C1CCN(C(=O)N2CCCC2)CC1)C(c1ccccc1)c1ccccn1. The van der Waals surface area contributed by atoms with Gasteiger partial charge in [0.2, 0.25) is 5.91 Å². The molecule has 3 amide bonds. The van der Waals surface area contributed by atoms with E-state index in [0.29, 0.717) is 25.9 Å². The van der Waals surface area contributed by atoms with Gasteiger partial charge in [0.1, 0.15) is 0 Å². The number of hydrogen-bond acceptors (Lipinski definition) is 3. The summed E-state index contributed by atoms with van der Waals surface area (Å²) in [5.74, 6) is 0.0651. The van der Waals surface area contributed by atoms with Crippen LogP contribution in [0.2, 0.25) is 0 Å². The molecule has 0 bridgehead atoms. The van der Waals surface area contributed by atoms with Crippen molar-refractivity contribution in [3.05, 3.63) is 66.0 Å². The average Bonchev–Trinajstić information content (AvgIpc) is 3.35. The summed E-state index contributed by atoms with van der Waals surface area (Å²) in [5.41, 5.74) is 1.91. The van der Waals surface area contributed by atoms with Crippen LogP contribution >= 0.6 is 0 Å². The molecule has 1 aromatic heterocycles. The van der Waals surface area contributed by atoms with E-state index in [0.717, 1.165) is 37.2 Å². The summed E-state index contributed by atoms with van der Waals surface area (Å²) in [6.07, 6.45) is 5.39. The fourth-order valence-corrected chi connectivity index (χ4v) is 4.61. The maximum Gasteiger partial charge on any atom is 0.319 e. The standard InChI is InChI=1S/C24H30N4O2/c1-26(22(19-9-3-2-4-10-19)21-11-5-6-14-25-21)23(29)20-12-17-28(18-13-20)24(30)27-15-7-8-16-27/h2-6,9-11,14,20,22H,7-8,12-13,15-18H2,1H3. The van der Waals surface area contributed by atoms with Crippen LogP contribution in [0, 0.1) is 5.92 Å². The highest BCUT2D eigenvalue weighted by Gasteiger charge is 2.34. The summed E-state index contributed by atoms with van der Waals surface area (Å²) >= 11 is 0. The zero-order valence-electron chi connectivity index (χ0n) is 17.6. The molecule has 2 aliphatic rings. The molecule has 1 atom stereocenters. The molecule has 1 aromatic carbocycles. The van der Waals surface area contributed by atoms with Crippen LogP contribution < -0.4 is 0 Å². The van der Waals surface area contributed by atoms with E-state index in [1.807, 2.05) is 70.3 Å². The zero-order valence-corrected chi connectivity index (χ0v) is 17.6. The molecule has 0 spiro atoms. The first kappa shape index (κ1) is 20.4. The molecule has 1 unspecified atom stereocenters. The Kier molecular flexibility index (Phi) is 6.31. The van der Waals surface area contributed by atoms with Crippen molar-refractivity contribution >= 4 is 11.9 Å². The molecule has 2 aromatic rings. The lowest BCUT2D eigenvalue weighted by molar-refractivity contribution is -0.137. The molecule has 0 aliphatic carbocycles. The number of carbonyl (C=O) groups excluding carboxylic acids is 2. The molecule has 3 heterocycles. The summed E-state index contributed by atoms with van der Waals surface area (Å²) in [5, 5.41) is 0. The van der Waals surface area contributed by atoms with Crippen LogP contribution in [0.4, 0.5) is 4.79 Å². The summed E-state index contributed by atoms with van der Waals surface area (Å²) in [6.45, 7) is 3.03. The van der Waals surface area contributed by atoms with Crippen LogP contribution in [0.3, 0.4) is 0 Å². The Morgan fingerprint density at radius 1 is 0.933 bits per heavy atom. The molecule has 0 N–H and O–H groups in total. The van der Waals surface area contributed by atoms with Crippen LogP contribution in [0.25, 0.3) is 0 Å². The number of benzene rings is 1. The highest BCUT2D eigenvalue weighted by Crippen LogP contribution is 2.30. The van der Waals surface area contributed by atoms with E-state index in [9.17, 15) is 9.59 Å². The first-order valence-electron chi connectivity index (χ1n) is 10.9. The number of aromatic nitrogens is 1. The first-order chi connectivity index (χ1) is 14.6. The van der Waals surface area contributed by atoms with Crippen molar-refractivity contribution in [2.24, 2.45) is 5.92 Å². The van der Waals surface area contributed by atoms with Crippen LogP contribution in [0.5, 0.6) is 0 Å². The average molecular weight is 407 g/mol. The van der Waals surface area contributed by atoms with Crippen molar-refractivity contribution in [2.45, 2.75) is 31.7 Å². The zero-order chi connectivity index (χ0) is 20.9. The molecule has 4 rings (SSSR count). The molecular formula is C24H30N4O2. The number of piperidine rings is 1. The molecule has 2 saturated heterocycles. The third-order valence-electron chi connectivity index (χ3n) is 6.31. The fourth-order valence-electron chi connectivity index (χ4n) is 4.61. The predicted molar refractivity (Wildman–Crippen MR) is 116 cm³/mol. The van der Waals surface area contributed by atoms with Gasteiger partial charge >= 0.3 is 6.03 Å². The lowest BCUT2D eigenvalue weighted by Gasteiger charge is -2.37. The third kappa shape index (κ3) is 4.32. The van der Waals surface area contributed by atoms with Crippen molar-refractivity contribution in [3.63, 3.8) is 0 Å². The van der Waals surface area contributed by atoms with Gasteiger partial charge in [-0.05, 0) is 43.4 Å². The van der Waals surface area contributed by atoms with Crippen LogP contribution in [0.1, 0.15) is 43.0 Å². The van der Waals surface area contributed by atoms with Crippen LogP contribution in [0.15, 0.2) is 54.7 Å². The molecule has 0 radical (unpaired) electrons. The fraction of sp³-hybridized carbons (Fsp3) is 0.458. The van der Waals surface area contributed by atoms with E-state index in [1.54, 1.807) is 6.20 Å². The molecule has 30 heavy (non-hydrogen) atoms. The van der Waals surface area contributed by atoms with Gasteiger partial charge in [0.15, 0.2) is 0 Å². The molecule has 6 heteroatoms. The summed E-state index contributed by atoms with van der Waals surface area (Å²) in [7, 11) is 1.87. The molecule has 2 aliphatic heterocycles. The topological polar surface area (TPSA) is 56.8 Å². The normalized spacial score (nSPS) is 18.3. The number of rotatable bonds is 4. The van der Waals surface area contributed by atoms with Crippen molar-refractivity contribution < 1.29 is 9.59 Å². The smallest absolute Gasteiger partial charge is 0.319 e. The number of nitrogens with zero attached hydrogens (tertiary/aromatic N) is 4. The Morgan fingerprint density at radius 2 is 1.57 bits per heavy atom. The lowest BCUT2D eigenvalue weighted by Crippen LogP contribution is -2.48. The van der Waals surface area contributed by atoms with Crippen molar-refractivity contribution in [2.75, 3.05) is 33.2 Å². The number of likely N-dealkylation sites (tertiary alicyclic amines) is 2. The van der Waals surface area contributed by atoms with E-state index >= 15 is 0 Å². The first-order valence-corrected chi connectivity index (χ1v) is 10.9. The molecule has 6 nitrogen and oxygen atoms in total. The highest BCUT2D eigenvalue weighted by molar-refractivity contribution is 5.80. The number of pyridine rings is 1. The Hall–Kier alpha value is -2.89. The second-order valence-corrected chi connectivity index (χ2v) is 8.26. The van der Waals surface area contributed by atoms with Crippen LogP contribution in [-0.2, 0) is 4.79 Å². The number of amides is 3. The van der Waals surface area contributed by atoms with Crippen molar-refractivity contribution in [3.8, 4) is 0 Å². The molecule has 0 saturated carbocycles. The van der Waals surface area contributed by atoms with Gasteiger partial charge in [-0.25, -0.2) is 4.79 Å². The Bertz CT molecular complexity index is 805. The van der Waals surface area contributed by atoms with Gasteiger partial charge in [0.05, 0.1) is 11.7 Å². The molecule has 2 fully saturated rings. The van der Waals surface area contributed by atoms with Gasteiger partial charge < -0.3 is 14.7 Å². The Labute approximate surface area is 178 Å². The van der Waals surface area contributed by atoms with Gasteiger partial charge in [0.25, 0.3) is 0 Å². The quantitative estimate of drug-likeness (QED) is 0.780. The second-order valence-electron chi connectivity index (χ2n) is 8.26. The minimum absolute atomic E-state index is 0.0625. The third-order valence-corrected chi connectivity index (χ3v) is 6.31. The van der Waals surface area contributed by atoms with E-state index in [1.165, 1.54) is 0 Å². The summed E-state index contributed by atoms with van der Waals surface area (Å²) in [6, 6.07) is 15.8. The van der Waals surface area contributed by atoms with Crippen molar-refractivity contribution in [1.82, 2.24) is 19.7 Å². The minimum Gasteiger partial charge on any atom is -0.333 e. The largest absolute Gasteiger partial charge is 0.333 e. The second kappa shape index (κ2) is 9.28. The van der Waals surface area contributed by atoms with Gasteiger partial charge in [-0.2, -0.15) is 0 Å². The van der Waals surface area contributed by atoms with E-state index in [2.05, 4.69) is 4.98 Å². The maximum atomic E-state index is 13.4. The number of urea groups is 1. The van der Waals surface area contributed by atoms with Gasteiger partial charge in [-0.15, -0.1) is 0 Å². The van der Waals surface area contributed by atoms with E-state index in [-0.39, 0.29) is 23.9 Å². The maximum absolute atomic E-state index is 13.4. The number of carbonyl (C=O) groups is 2. The lowest BCUT2D eigenvalue weighted by atomic mass is 9.93. The summed E-state index contributed by atoms with van der Waals surface area (Å²) in [4.78, 5) is 36.3. The monoisotopic (exact) mass is 406 g/mol. The van der Waals surface area contributed by atoms with Crippen LogP contribution in [-0.4, -0.2) is 64.8 Å². The minimum atomic E-state index is -0.218. The van der Waals surface area contributed by atoms with Crippen molar-refractivity contribution in [1.29, 1.82) is 0 Å². The predicted octanol–water partition coefficient (Wildman–Crippen LogP) is 3.56. The van der Waals surface area contributed by atoms with Gasteiger partial charge in [0, 0.05) is 45.3 Å².